The number of hydrogen-bond donors (Lipinski definition) is 1. The number of unbranched alkanes of at least 4 members (excludes halogenated alkanes) is 3. The van der Waals surface area contributed by atoms with Gasteiger partial charge in [0.05, 0.1) is 0 Å². The number of benzene rings is 1. The second-order valence-corrected chi connectivity index (χ2v) is 4.64. The van der Waals surface area contributed by atoms with Gasteiger partial charge in [-0.3, -0.25) is 0 Å². The Morgan fingerprint density at radius 3 is 2.44 bits per heavy atom. The van der Waals surface area contributed by atoms with Gasteiger partial charge >= 0.3 is 0 Å². The molecule has 0 saturated heterocycles. The van der Waals surface area contributed by atoms with Crippen molar-refractivity contribution in [3.05, 3.63) is 35.9 Å². The van der Waals surface area contributed by atoms with Gasteiger partial charge in [0.2, 0.25) is 0 Å². The number of rotatable bonds is 8. The maximum Gasteiger partial charge on any atom is -0.00457 e. The molecule has 0 aromatic heterocycles. The second kappa shape index (κ2) is 8.35. The number of nitrogens with two attached hydrogens (primary N) is 1. The lowest BCUT2D eigenvalue weighted by atomic mass is 9.94. The monoisotopic (exact) mass is 219 g/mol. The molecule has 0 bridgehead atoms. The predicted molar refractivity (Wildman–Crippen MR) is 71.4 cm³/mol. The zero-order valence-electron chi connectivity index (χ0n) is 10.5. The fourth-order valence-electron chi connectivity index (χ4n) is 2.11. The normalized spacial score (nSPS) is 12.6. The zero-order valence-corrected chi connectivity index (χ0v) is 10.5. The fourth-order valence-corrected chi connectivity index (χ4v) is 2.11. The molecule has 1 nitrogen and oxygen atoms in total. The molecule has 1 unspecified atom stereocenters. The summed E-state index contributed by atoms with van der Waals surface area (Å²) in [4.78, 5) is 0. The van der Waals surface area contributed by atoms with E-state index >= 15 is 0 Å². The van der Waals surface area contributed by atoms with E-state index in [9.17, 15) is 0 Å². The van der Waals surface area contributed by atoms with Crippen LogP contribution >= 0.6 is 0 Å². The van der Waals surface area contributed by atoms with E-state index in [4.69, 9.17) is 5.73 Å². The van der Waals surface area contributed by atoms with Crippen molar-refractivity contribution in [2.24, 2.45) is 11.7 Å². The molecule has 2 N–H and O–H groups in total. The van der Waals surface area contributed by atoms with E-state index in [-0.39, 0.29) is 0 Å². The summed E-state index contributed by atoms with van der Waals surface area (Å²) in [7, 11) is 0. The second-order valence-electron chi connectivity index (χ2n) is 4.64. The molecule has 0 radical (unpaired) electrons. The molecule has 90 valence electrons. The van der Waals surface area contributed by atoms with E-state index in [1.165, 1.54) is 37.7 Å². The van der Waals surface area contributed by atoms with Gasteiger partial charge in [0, 0.05) is 0 Å². The topological polar surface area (TPSA) is 26.0 Å². The summed E-state index contributed by atoms with van der Waals surface area (Å²) in [5, 5.41) is 0. The molecule has 0 aliphatic rings. The van der Waals surface area contributed by atoms with Gasteiger partial charge in [0.25, 0.3) is 0 Å². The average molecular weight is 219 g/mol. The van der Waals surface area contributed by atoms with Crippen molar-refractivity contribution in [2.75, 3.05) is 6.54 Å². The molecule has 0 fully saturated rings. The van der Waals surface area contributed by atoms with E-state index in [1.807, 2.05) is 0 Å². The SMILES string of the molecule is CCCCCCC(CN)Cc1ccccc1. The maximum atomic E-state index is 5.84. The quantitative estimate of drug-likeness (QED) is 0.662. The first-order chi connectivity index (χ1) is 7.86. The molecule has 0 heterocycles. The minimum atomic E-state index is 0.666. The summed E-state index contributed by atoms with van der Waals surface area (Å²) in [5.41, 5.74) is 7.26. The summed E-state index contributed by atoms with van der Waals surface area (Å²) in [5.74, 6) is 0.666. The van der Waals surface area contributed by atoms with Gasteiger partial charge in [-0.2, -0.15) is 0 Å². The molecule has 0 aliphatic heterocycles. The molecule has 1 atom stereocenters. The van der Waals surface area contributed by atoms with E-state index in [0.29, 0.717) is 5.92 Å². The maximum absolute atomic E-state index is 5.84. The Kier molecular flexibility index (Phi) is 6.91. The molecule has 1 aromatic carbocycles. The Balaban J connectivity index is 2.26. The highest BCUT2D eigenvalue weighted by molar-refractivity contribution is 5.15. The first-order valence-electron chi connectivity index (χ1n) is 6.60. The standard InChI is InChI=1S/C15H25N/c1-2-3-4-6-11-15(13-16)12-14-9-7-5-8-10-14/h5,7-10,15H,2-4,6,11-13,16H2,1H3. The van der Waals surface area contributed by atoms with Crippen LogP contribution in [-0.2, 0) is 6.42 Å². The predicted octanol–water partition coefficient (Wildman–Crippen LogP) is 3.77. The van der Waals surface area contributed by atoms with Gasteiger partial charge in [0.15, 0.2) is 0 Å². The zero-order chi connectivity index (χ0) is 11.6. The molecular formula is C15H25N. The molecule has 1 rings (SSSR count). The van der Waals surface area contributed by atoms with Crippen LogP contribution in [0.15, 0.2) is 30.3 Å². The summed E-state index contributed by atoms with van der Waals surface area (Å²) in [6, 6.07) is 10.7. The van der Waals surface area contributed by atoms with Crippen molar-refractivity contribution in [1.82, 2.24) is 0 Å². The van der Waals surface area contributed by atoms with E-state index in [0.717, 1.165) is 13.0 Å². The Morgan fingerprint density at radius 2 is 1.81 bits per heavy atom. The van der Waals surface area contributed by atoms with Crippen LogP contribution in [0.4, 0.5) is 0 Å². The average Bonchev–Trinajstić information content (AvgIpc) is 2.34. The lowest BCUT2D eigenvalue weighted by Crippen LogP contribution is -2.16. The van der Waals surface area contributed by atoms with Crippen LogP contribution in [0.1, 0.15) is 44.6 Å². The Labute approximate surface area is 100 Å². The Bertz CT molecular complexity index is 255. The smallest absolute Gasteiger partial charge is 0.00457 e. The molecule has 0 saturated carbocycles. The highest BCUT2D eigenvalue weighted by Crippen LogP contribution is 2.15. The van der Waals surface area contributed by atoms with Gasteiger partial charge in [-0.1, -0.05) is 62.9 Å². The Hall–Kier alpha value is -0.820. The van der Waals surface area contributed by atoms with Crippen molar-refractivity contribution < 1.29 is 0 Å². The third-order valence-corrected chi connectivity index (χ3v) is 3.17. The van der Waals surface area contributed by atoms with Crippen LogP contribution in [-0.4, -0.2) is 6.54 Å². The van der Waals surface area contributed by atoms with Gasteiger partial charge in [-0.05, 0) is 30.9 Å². The first kappa shape index (κ1) is 13.2. The molecule has 1 heteroatoms. The van der Waals surface area contributed by atoms with Gasteiger partial charge in [-0.25, -0.2) is 0 Å². The van der Waals surface area contributed by atoms with Crippen LogP contribution in [0.25, 0.3) is 0 Å². The minimum absolute atomic E-state index is 0.666. The summed E-state index contributed by atoms with van der Waals surface area (Å²) in [6.45, 7) is 3.07. The van der Waals surface area contributed by atoms with E-state index in [1.54, 1.807) is 0 Å². The number of hydrogen-bond acceptors (Lipinski definition) is 1. The van der Waals surface area contributed by atoms with Crippen molar-refractivity contribution in [1.29, 1.82) is 0 Å². The van der Waals surface area contributed by atoms with Crippen LogP contribution < -0.4 is 5.73 Å². The molecular weight excluding hydrogens is 194 g/mol. The third kappa shape index (κ3) is 5.32. The lowest BCUT2D eigenvalue weighted by Gasteiger charge is -2.14. The highest BCUT2D eigenvalue weighted by Gasteiger charge is 2.07. The lowest BCUT2D eigenvalue weighted by molar-refractivity contribution is 0.460. The molecule has 0 aliphatic carbocycles. The molecule has 1 aromatic rings. The van der Waals surface area contributed by atoms with Gasteiger partial charge in [-0.15, -0.1) is 0 Å². The van der Waals surface area contributed by atoms with Crippen molar-refractivity contribution in [3.8, 4) is 0 Å². The summed E-state index contributed by atoms with van der Waals surface area (Å²) < 4.78 is 0. The minimum Gasteiger partial charge on any atom is -0.330 e. The van der Waals surface area contributed by atoms with Crippen LogP contribution in [0.3, 0.4) is 0 Å². The summed E-state index contributed by atoms with van der Waals surface area (Å²) >= 11 is 0. The Morgan fingerprint density at radius 1 is 1.06 bits per heavy atom. The van der Waals surface area contributed by atoms with Crippen molar-refractivity contribution in [3.63, 3.8) is 0 Å². The molecule has 0 spiro atoms. The molecule has 0 amide bonds. The van der Waals surface area contributed by atoms with Crippen LogP contribution in [0.5, 0.6) is 0 Å². The van der Waals surface area contributed by atoms with Crippen molar-refractivity contribution >= 4 is 0 Å². The third-order valence-electron chi connectivity index (χ3n) is 3.17. The van der Waals surface area contributed by atoms with Crippen LogP contribution in [0.2, 0.25) is 0 Å². The highest BCUT2D eigenvalue weighted by atomic mass is 14.5. The van der Waals surface area contributed by atoms with Gasteiger partial charge in [0.1, 0.15) is 0 Å². The van der Waals surface area contributed by atoms with Crippen LogP contribution in [0, 0.1) is 5.92 Å². The molecule has 16 heavy (non-hydrogen) atoms. The van der Waals surface area contributed by atoms with Crippen molar-refractivity contribution in [2.45, 2.75) is 45.4 Å². The van der Waals surface area contributed by atoms with Gasteiger partial charge < -0.3 is 5.73 Å². The summed E-state index contributed by atoms with van der Waals surface area (Å²) in [6.07, 6.45) is 7.80. The van der Waals surface area contributed by atoms with E-state index in [2.05, 4.69) is 37.3 Å². The first-order valence-corrected chi connectivity index (χ1v) is 6.60. The fraction of sp³-hybridized carbons (Fsp3) is 0.600. The largest absolute Gasteiger partial charge is 0.330 e. The van der Waals surface area contributed by atoms with E-state index < -0.39 is 0 Å².